The standard InChI is InChI=1S/C13H23NO2S/c1-11(2)9-14-13(4-7-17-8-5-13)16-12(11)3-6-15-10-12/h14H,3-10H2,1-2H3. The normalized spacial score (nSPS) is 39.9. The second-order valence-corrected chi connectivity index (χ2v) is 7.47. The summed E-state index contributed by atoms with van der Waals surface area (Å²) in [4.78, 5) is 0. The number of hydrogen-bond acceptors (Lipinski definition) is 4. The van der Waals surface area contributed by atoms with E-state index in [1.165, 1.54) is 11.5 Å². The highest BCUT2D eigenvalue weighted by atomic mass is 32.2. The largest absolute Gasteiger partial charge is 0.378 e. The summed E-state index contributed by atoms with van der Waals surface area (Å²) in [6.45, 7) is 7.28. The lowest BCUT2D eigenvalue weighted by molar-refractivity contribution is -0.251. The second kappa shape index (κ2) is 4.12. The van der Waals surface area contributed by atoms with Gasteiger partial charge in [-0.3, -0.25) is 5.32 Å². The molecule has 0 aromatic carbocycles. The van der Waals surface area contributed by atoms with Crippen LogP contribution in [0, 0.1) is 5.41 Å². The van der Waals surface area contributed by atoms with E-state index in [1.54, 1.807) is 0 Å². The molecule has 1 atom stereocenters. The molecule has 3 rings (SSSR count). The van der Waals surface area contributed by atoms with Crippen LogP contribution in [0.15, 0.2) is 0 Å². The van der Waals surface area contributed by atoms with Gasteiger partial charge in [-0.2, -0.15) is 11.8 Å². The zero-order valence-corrected chi connectivity index (χ0v) is 11.7. The molecule has 1 unspecified atom stereocenters. The summed E-state index contributed by atoms with van der Waals surface area (Å²) in [5.41, 5.74) is 0.0497. The molecule has 3 aliphatic rings. The van der Waals surface area contributed by atoms with Crippen molar-refractivity contribution in [3.63, 3.8) is 0 Å². The molecule has 3 saturated heterocycles. The van der Waals surface area contributed by atoms with Crippen molar-refractivity contribution in [2.45, 2.75) is 44.4 Å². The Balaban J connectivity index is 1.84. The van der Waals surface area contributed by atoms with E-state index in [1.807, 2.05) is 11.8 Å². The van der Waals surface area contributed by atoms with Gasteiger partial charge in [0, 0.05) is 25.0 Å². The Labute approximate surface area is 108 Å². The van der Waals surface area contributed by atoms with Crippen molar-refractivity contribution in [3.05, 3.63) is 0 Å². The van der Waals surface area contributed by atoms with Crippen molar-refractivity contribution in [3.8, 4) is 0 Å². The molecule has 98 valence electrons. The average Bonchev–Trinajstić information content (AvgIpc) is 2.77. The average molecular weight is 257 g/mol. The number of nitrogens with one attached hydrogen (secondary N) is 1. The Morgan fingerprint density at radius 2 is 1.88 bits per heavy atom. The molecule has 2 spiro atoms. The first-order valence-electron chi connectivity index (χ1n) is 6.68. The molecule has 0 radical (unpaired) electrons. The maximum atomic E-state index is 6.63. The third-order valence-electron chi connectivity index (χ3n) is 4.76. The van der Waals surface area contributed by atoms with Crippen LogP contribution in [-0.4, -0.2) is 42.6 Å². The van der Waals surface area contributed by atoms with Gasteiger partial charge in [0.2, 0.25) is 0 Å². The Hall–Kier alpha value is 0.230. The highest BCUT2D eigenvalue weighted by Crippen LogP contribution is 2.48. The Morgan fingerprint density at radius 3 is 2.53 bits per heavy atom. The second-order valence-electron chi connectivity index (χ2n) is 6.24. The molecule has 3 fully saturated rings. The summed E-state index contributed by atoms with van der Waals surface area (Å²) in [7, 11) is 0. The van der Waals surface area contributed by atoms with Crippen molar-refractivity contribution in [1.82, 2.24) is 5.32 Å². The van der Waals surface area contributed by atoms with Crippen LogP contribution in [0.3, 0.4) is 0 Å². The molecule has 1 N–H and O–H groups in total. The van der Waals surface area contributed by atoms with Gasteiger partial charge in [0.25, 0.3) is 0 Å². The third kappa shape index (κ3) is 1.93. The van der Waals surface area contributed by atoms with Crippen LogP contribution < -0.4 is 5.32 Å². The summed E-state index contributed by atoms with van der Waals surface area (Å²) in [6.07, 6.45) is 3.32. The van der Waals surface area contributed by atoms with Gasteiger partial charge in [-0.1, -0.05) is 13.8 Å². The van der Waals surface area contributed by atoms with Gasteiger partial charge >= 0.3 is 0 Å². The van der Waals surface area contributed by atoms with E-state index >= 15 is 0 Å². The van der Waals surface area contributed by atoms with Gasteiger partial charge in [-0.15, -0.1) is 0 Å². The van der Waals surface area contributed by atoms with Crippen molar-refractivity contribution in [2.75, 3.05) is 31.3 Å². The fraction of sp³-hybridized carbons (Fsp3) is 1.00. The van der Waals surface area contributed by atoms with Gasteiger partial charge in [-0.25, -0.2) is 0 Å². The van der Waals surface area contributed by atoms with Crippen molar-refractivity contribution in [2.24, 2.45) is 5.41 Å². The highest BCUT2D eigenvalue weighted by Gasteiger charge is 2.57. The minimum atomic E-state index is -0.0610. The summed E-state index contributed by atoms with van der Waals surface area (Å²) in [5, 5.41) is 3.68. The van der Waals surface area contributed by atoms with Gasteiger partial charge < -0.3 is 9.47 Å². The van der Waals surface area contributed by atoms with Crippen LogP contribution in [0.2, 0.25) is 0 Å². The molecule has 0 amide bonds. The van der Waals surface area contributed by atoms with Gasteiger partial charge in [0.15, 0.2) is 0 Å². The van der Waals surface area contributed by atoms with E-state index in [4.69, 9.17) is 9.47 Å². The topological polar surface area (TPSA) is 30.5 Å². The Bertz CT molecular complexity index is 294. The van der Waals surface area contributed by atoms with Gasteiger partial charge in [-0.05, 0) is 24.3 Å². The monoisotopic (exact) mass is 257 g/mol. The molecular formula is C13H23NO2S. The van der Waals surface area contributed by atoms with Crippen LogP contribution in [-0.2, 0) is 9.47 Å². The van der Waals surface area contributed by atoms with Crippen LogP contribution in [0.5, 0.6) is 0 Å². The van der Waals surface area contributed by atoms with Crippen molar-refractivity contribution < 1.29 is 9.47 Å². The van der Waals surface area contributed by atoms with E-state index in [0.717, 1.165) is 39.0 Å². The number of ether oxygens (including phenoxy) is 2. The molecule has 3 heterocycles. The fourth-order valence-electron chi connectivity index (χ4n) is 3.23. The number of hydrogen-bond donors (Lipinski definition) is 1. The summed E-state index contributed by atoms with van der Waals surface area (Å²) >= 11 is 2.04. The predicted molar refractivity (Wildman–Crippen MR) is 70.3 cm³/mol. The molecule has 0 aromatic heterocycles. The lowest BCUT2D eigenvalue weighted by Gasteiger charge is -2.56. The quantitative estimate of drug-likeness (QED) is 0.719. The molecule has 0 aromatic rings. The smallest absolute Gasteiger partial charge is 0.121 e. The highest BCUT2D eigenvalue weighted by molar-refractivity contribution is 7.99. The molecular weight excluding hydrogens is 234 g/mol. The van der Waals surface area contributed by atoms with Crippen LogP contribution in [0.1, 0.15) is 33.1 Å². The van der Waals surface area contributed by atoms with E-state index in [-0.39, 0.29) is 16.7 Å². The van der Waals surface area contributed by atoms with Crippen LogP contribution in [0.4, 0.5) is 0 Å². The van der Waals surface area contributed by atoms with Crippen LogP contribution in [0.25, 0.3) is 0 Å². The number of rotatable bonds is 0. The first kappa shape index (κ1) is 12.3. The summed E-state index contributed by atoms with van der Waals surface area (Å²) in [6, 6.07) is 0. The molecule has 17 heavy (non-hydrogen) atoms. The third-order valence-corrected chi connectivity index (χ3v) is 5.75. The summed E-state index contributed by atoms with van der Waals surface area (Å²) < 4.78 is 12.3. The SMILES string of the molecule is CC1(C)CNC2(CCSCC2)OC12CCOC2. The number of thioether (sulfide) groups is 1. The van der Waals surface area contributed by atoms with Gasteiger partial charge in [0.1, 0.15) is 11.3 Å². The first-order valence-corrected chi connectivity index (χ1v) is 7.84. The Morgan fingerprint density at radius 1 is 1.12 bits per heavy atom. The van der Waals surface area contributed by atoms with E-state index in [2.05, 4.69) is 19.2 Å². The zero-order valence-electron chi connectivity index (χ0n) is 10.9. The lowest BCUT2D eigenvalue weighted by Crippen LogP contribution is -2.68. The molecule has 0 bridgehead atoms. The molecule has 0 saturated carbocycles. The van der Waals surface area contributed by atoms with Crippen molar-refractivity contribution in [1.29, 1.82) is 0 Å². The van der Waals surface area contributed by atoms with Crippen molar-refractivity contribution >= 4 is 11.8 Å². The van der Waals surface area contributed by atoms with Gasteiger partial charge in [0.05, 0.1) is 6.61 Å². The van der Waals surface area contributed by atoms with E-state index in [0.29, 0.717) is 0 Å². The Kier molecular flexibility index (Phi) is 2.97. The maximum Gasteiger partial charge on any atom is 0.121 e. The predicted octanol–water partition coefficient (Wildman–Crippen LogP) is 2.01. The van der Waals surface area contributed by atoms with E-state index in [9.17, 15) is 0 Å². The molecule has 3 nitrogen and oxygen atoms in total. The minimum Gasteiger partial charge on any atom is -0.378 e. The molecule has 4 heteroatoms. The first-order chi connectivity index (χ1) is 8.08. The minimum absolute atomic E-state index is 0.0553. The zero-order chi connectivity index (χ0) is 12.0. The summed E-state index contributed by atoms with van der Waals surface area (Å²) in [5.74, 6) is 2.43. The van der Waals surface area contributed by atoms with Crippen LogP contribution >= 0.6 is 11.8 Å². The molecule has 0 aliphatic carbocycles. The fourth-order valence-corrected chi connectivity index (χ4v) is 4.38. The van der Waals surface area contributed by atoms with E-state index < -0.39 is 0 Å². The molecule has 3 aliphatic heterocycles. The lowest BCUT2D eigenvalue weighted by atomic mass is 9.71. The maximum absolute atomic E-state index is 6.63.